The van der Waals surface area contributed by atoms with Gasteiger partial charge in [0.2, 0.25) is 5.91 Å². The van der Waals surface area contributed by atoms with Gasteiger partial charge in [0.25, 0.3) is 5.91 Å². The fourth-order valence-electron chi connectivity index (χ4n) is 3.56. The Bertz CT molecular complexity index is 866. The number of hydrogen-bond donors (Lipinski definition) is 2. The fraction of sp³-hybridized carbons (Fsp3) is 0.391. The lowest BCUT2D eigenvalue weighted by Gasteiger charge is -2.24. The molecule has 0 aliphatic heterocycles. The van der Waals surface area contributed by atoms with Crippen LogP contribution in [0.3, 0.4) is 0 Å². The minimum Gasteiger partial charge on any atom is -0.493 e. The second-order valence-electron chi connectivity index (χ2n) is 7.15. The molecule has 0 bridgehead atoms. The number of aryl methyl sites for hydroxylation is 1. The van der Waals surface area contributed by atoms with E-state index in [0.29, 0.717) is 23.7 Å². The summed E-state index contributed by atoms with van der Waals surface area (Å²) in [5, 5.41) is 0. The lowest BCUT2D eigenvalue weighted by molar-refractivity contribution is -0.123. The van der Waals surface area contributed by atoms with Crippen LogP contribution in [-0.4, -0.2) is 25.5 Å². The molecule has 0 aromatic heterocycles. The minimum atomic E-state index is -0.402. The molecule has 2 aromatic rings. The molecule has 1 atom stereocenters. The van der Waals surface area contributed by atoms with Crippen molar-refractivity contribution in [1.82, 2.24) is 10.9 Å². The number of methoxy groups -OCH3 is 1. The van der Waals surface area contributed by atoms with Crippen LogP contribution in [0, 0.1) is 0 Å². The van der Waals surface area contributed by atoms with Gasteiger partial charge >= 0.3 is 0 Å². The quantitative estimate of drug-likeness (QED) is 0.552. The van der Waals surface area contributed by atoms with Crippen molar-refractivity contribution < 1.29 is 19.1 Å². The minimum absolute atomic E-state index is 0.197. The zero-order valence-corrected chi connectivity index (χ0v) is 17.0. The van der Waals surface area contributed by atoms with E-state index < -0.39 is 5.91 Å². The summed E-state index contributed by atoms with van der Waals surface area (Å²) in [6, 6.07) is 13.0. The Morgan fingerprint density at radius 2 is 1.93 bits per heavy atom. The number of amides is 2. The van der Waals surface area contributed by atoms with E-state index in [1.807, 2.05) is 18.2 Å². The van der Waals surface area contributed by atoms with E-state index in [0.717, 1.165) is 37.7 Å². The molecule has 3 rings (SSSR count). The number of fused-ring (bicyclic) bond motifs is 1. The topological polar surface area (TPSA) is 76.7 Å². The summed E-state index contributed by atoms with van der Waals surface area (Å²) in [6.45, 7) is 2.69. The SMILES string of the molecule is CCCCOc1ccc(C(=O)NNC(=O)[C@H]2CCCc3ccccc32)cc1OC. The molecule has 1 aliphatic carbocycles. The monoisotopic (exact) mass is 396 g/mol. The molecule has 2 N–H and O–H groups in total. The molecule has 0 fully saturated rings. The largest absolute Gasteiger partial charge is 0.493 e. The summed E-state index contributed by atoms with van der Waals surface area (Å²) in [6.07, 6.45) is 4.70. The molecule has 0 heterocycles. The molecule has 6 nitrogen and oxygen atoms in total. The summed E-state index contributed by atoms with van der Waals surface area (Å²) in [5.74, 6) is 0.239. The van der Waals surface area contributed by atoms with Crippen LogP contribution in [0.1, 0.15) is 60.0 Å². The Hall–Kier alpha value is -3.02. The first kappa shape index (κ1) is 20.7. The van der Waals surface area contributed by atoms with Crippen LogP contribution >= 0.6 is 0 Å². The third-order valence-corrected chi connectivity index (χ3v) is 5.17. The maximum Gasteiger partial charge on any atom is 0.269 e. The molecular formula is C23H28N2O4. The molecule has 0 radical (unpaired) electrons. The van der Waals surface area contributed by atoms with Gasteiger partial charge in [-0.25, -0.2) is 0 Å². The Morgan fingerprint density at radius 1 is 1.10 bits per heavy atom. The summed E-state index contributed by atoms with van der Waals surface area (Å²) >= 11 is 0. The number of rotatable bonds is 7. The van der Waals surface area contributed by atoms with Crippen LogP contribution in [0.4, 0.5) is 0 Å². The number of carbonyl (C=O) groups is 2. The molecule has 2 aromatic carbocycles. The normalized spacial score (nSPS) is 15.2. The lowest BCUT2D eigenvalue weighted by atomic mass is 9.82. The smallest absolute Gasteiger partial charge is 0.269 e. The van der Waals surface area contributed by atoms with E-state index in [2.05, 4.69) is 23.8 Å². The summed E-state index contributed by atoms with van der Waals surface area (Å²) in [4.78, 5) is 25.1. The van der Waals surface area contributed by atoms with E-state index in [1.165, 1.54) is 12.7 Å². The number of unbranched alkanes of at least 4 members (excludes halogenated alkanes) is 1. The van der Waals surface area contributed by atoms with Gasteiger partial charge in [0.15, 0.2) is 11.5 Å². The van der Waals surface area contributed by atoms with E-state index in [-0.39, 0.29) is 11.8 Å². The highest BCUT2D eigenvalue weighted by atomic mass is 16.5. The second kappa shape index (κ2) is 9.96. The molecule has 6 heteroatoms. The van der Waals surface area contributed by atoms with Gasteiger partial charge < -0.3 is 9.47 Å². The highest BCUT2D eigenvalue weighted by molar-refractivity contribution is 5.96. The number of hydrazine groups is 1. The Balaban J connectivity index is 1.61. The van der Waals surface area contributed by atoms with E-state index in [9.17, 15) is 9.59 Å². The van der Waals surface area contributed by atoms with Crippen molar-refractivity contribution in [2.45, 2.75) is 44.9 Å². The van der Waals surface area contributed by atoms with Crippen molar-refractivity contribution >= 4 is 11.8 Å². The predicted molar refractivity (Wildman–Crippen MR) is 111 cm³/mol. The first-order valence-corrected chi connectivity index (χ1v) is 10.1. The van der Waals surface area contributed by atoms with Gasteiger partial charge in [-0.05, 0) is 55.0 Å². The molecule has 154 valence electrons. The van der Waals surface area contributed by atoms with Gasteiger partial charge in [-0.3, -0.25) is 20.4 Å². The maximum absolute atomic E-state index is 12.7. The Kier molecular flexibility index (Phi) is 7.11. The van der Waals surface area contributed by atoms with Crippen LogP contribution in [0.5, 0.6) is 11.5 Å². The molecule has 0 saturated heterocycles. The molecule has 1 aliphatic rings. The number of carbonyl (C=O) groups excluding carboxylic acids is 2. The van der Waals surface area contributed by atoms with Crippen LogP contribution < -0.4 is 20.3 Å². The van der Waals surface area contributed by atoms with Crippen molar-refractivity contribution in [1.29, 1.82) is 0 Å². The van der Waals surface area contributed by atoms with Gasteiger partial charge in [0.1, 0.15) is 0 Å². The molecule has 29 heavy (non-hydrogen) atoms. The summed E-state index contributed by atoms with van der Waals surface area (Å²) < 4.78 is 11.0. The zero-order chi connectivity index (χ0) is 20.6. The average Bonchev–Trinajstić information content (AvgIpc) is 2.77. The highest BCUT2D eigenvalue weighted by Gasteiger charge is 2.26. The van der Waals surface area contributed by atoms with Gasteiger partial charge in [-0.2, -0.15) is 0 Å². The van der Waals surface area contributed by atoms with Crippen LogP contribution in [0.2, 0.25) is 0 Å². The maximum atomic E-state index is 12.7. The van der Waals surface area contributed by atoms with E-state index >= 15 is 0 Å². The second-order valence-corrected chi connectivity index (χ2v) is 7.15. The van der Waals surface area contributed by atoms with Crippen molar-refractivity contribution in [2.75, 3.05) is 13.7 Å². The first-order valence-electron chi connectivity index (χ1n) is 10.1. The summed E-state index contributed by atoms with van der Waals surface area (Å²) in [7, 11) is 1.53. The highest BCUT2D eigenvalue weighted by Crippen LogP contribution is 2.31. The predicted octanol–water partition coefficient (Wildman–Crippen LogP) is 3.76. The molecule has 0 saturated carbocycles. The number of hydrogen-bond acceptors (Lipinski definition) is 4. The van der Waals surface area contributed by atoms with Gasteiger partial charge in [0, 0.05) is 5.56 Å². The van der Waals surface area contributed by atoms with Gasteiger partial charge in [-0.15, -0.1) is 0 Å². The van der Waals surface area contributed by atoms with Crippen molar-refractivity contribution in [3.8, 4) is 11.5 Å². The van der Waals surface area contributed by atoms with Crippen molar-refractivity contribution in [2.24, 2.45) is 0 Å². The van der Waals surface area contributed by atoms with Crippen molar-refractivity contribution in [3.05, 3.63) is 59.2 Å². The van der Waals surface area contributed by atoms with Gasteiger partial charge in [-0.1, -0.05) is 37.6 Å². The molecule has 0 spiro atoms. The number of benzene rings is 2. The fourth-order valence-corrected chi connectivity index (χ4v) is 3.56. The molecule has 0 unspecified atom stereocenters. The summed E-state index contributed by atoms with van der Waals surface area (Å²) in [5.41, 5.74) is 7.72. The average molecular weight is 396 g/mol. The zero-order valence-electron chi connectivity index (χ0n) is 17.0. The van der Waals surface area contributed by atoms with Crippen molar-refractivity contribution in [3.63, 3.8) is 0 Å². The van der Waals surface area contributed by atoms with Crippen LogP contribution in [-0.2, 0) is 11.2 Å². The first-order chi connectivity index (χ1) is 14.1. The molecule has 2 amide bonds. The third-order valence-electron chi connectivity index (χ3n) is 5.17. The third kappa shape index (κ3) is 5.08. The number of ether oxygens (including phenoxy) is 2. The Labute approximate surface area is 171 Å². The molecular weight excluding hydrogens is 368 g/mol. The number of nitrogens with one attached hydrogen (secondary N) is 2. The van der Waals surface area contributed by atoms with E-state index in [4.69, 9.17) is 9.47 Å². The van der Waals surface area contributed by atoms with Crippen LogP contribution in [0.25, 0.3) is 0 Å². The van der Waals surface area contributed by atoms with Crippen LogP contribution in [0.15, 0.2) is 42.5 Å². The van der Waals surface area contributed by atoms with Gasteiger partial charge in [0.05, 0.1) is 19.6 Å². The Morgan fingerprint density at radius 3 is 2.72 bits per heavy atom. The standard InChI is InChI=1S/C23H28N2O4/c1-3-4-14-29-20-13-12-17(15-21(20)28-2)22(26)24-25-23(27)19-11-7-9-16-8-5-6-10-18(16)19/h5-6,8,10,12-13,15,19H,3-4,7,9,11,14H2,1-2H3,(H,24,26)(H,25,27)/t19-/m0/s1. The lowest BCUT2D eigenvalue weighted by Crippen LogP contribution is -2.44. The van der Waals surface area contributed by atoms with E-state index in [1.54, 1.807) is 18.2 Å².